The molecule has 0 aliphatic rings. The highest BCUT2D eigenvalue weighted by Crippen LogP contribution is 1.94. The summed E-state index contributed by atoms with van der Waals surface area (Å²) < 4.78 is 0. The Morgan fingerprint density at radius 1 is 0.614 bits per heavy atom. The Hall–Kier alpha value is -3.71. The predicted molar refractivity (Wildman–Crippen MR) is 160 cm³/mol. The summed E-state index contributed by atoms with van der Waals surface area (Å²) in [4.78, 5) is 74.3. The second-order valence-corrected chi connectivity index (χ2v) is 8.75. The lowest BCUT2D eigenvalue weighted by Gasteiger charge is -2.23. The Labute approximate surface area is 261 Å². The number of carbonyl (C=O) groups is 6. The van der Waals surface area contributed by atoms with Crippen LogP contribution >= 0.6 is 12.4 Å². The fraction of sp³-hybridized carbons (Fsp3) is 0.708. The largest absolute Gasteiger partial charge is 0.480 e. The maximum atomic E-state index is 10.6. The van der Waals surface area contributed by atoms with Crippen LogP contribution in [0.4, 0.5) is 0 Å². The molecule has 0 spiro atoms. The molecule has 19 nitrogen and oxygen atoms in total. The van der Waals surface area contributed by atoms with Crippen molar-refractivity contribution in [2.24, 2.45) is 9.98 Å². The monoisotopic (exact) mass is 659 g/mol. The van der Waals surface area contributed by atoms with Gasteiger partial charge in [0.05, 0.1) is 51.8 Å². The number of rotatable bonds is 23. The molecule has 0 bridgehead atoms. The standard InChI is InChI=1S/C10H16N2O8.C8H17N3.C6H12N2O4.ClH/c13-7(14)3-11(4-8(15)16)1-2-12(5-9(17)18)6-10(19)20;1-4-9-8-10-6-5-7-11(2)3;9-5(10)3-7-1-2-8-4-6(11)12;/h1-6H2,(H,13,14)(H,15,16)(H,17,18)(H,19,20);4-7H2,1-3H3;7-8H,1-4H2,(H,9,10)(H,11,12);1H. The molecule has 0 rings (SSSR count). The maximum absolute atomic E-state index is 10.6. The molecule has 0 atom stereocenters. The van der Waals surface area contributed by atoms with Gasteiger partial charge in [-0.1, -0.05) is 0 Å². The van der Waals surface area contributed by atoms with E-state index < -0.39 is 62.0 Å². The number of hydrogen-bond acceptors (Lipinski definition) is 13. The van der Waals surface area contributed by atoms with Gasteiger partial charge < -0.3 is 46.2 Å². The number of halogens is 1. The lowest BCUT2D eigenvalue weighted by atomic mass is 10.4. The zero-order chi connectivity index (χ0) is 33.6. The summed E-state index contributed by atoms with van der Waals surface area (Å²) >= 11 is 0. The molecule has 8 N–H and O–H groups in total. The number of carboxylic acids is 6. The van der Waals surface area contributed by atoms with E-state index in [1.54, 1.807) is 0 Å². The van der Waals surface area contributed by atoms with Gasteiger partial charge in [-0.2, -0.15) is 0 Å². The third-order valence-corrected chi connectivity index (χ3v) is 4.37. The van der Waals surface area contributed by atoms with Crippen LogP contribution in [0.15, 0.2) is 9.98 Å². The molecule has 0 aliphatic heterocycles. The van der Waals surface area contributed by atoms with Crippen molar-refractivity contribution in [3.63, 3.8) is 0 Å². The van der Waals surface area contributed by atoms with Gasteiger partial charge in [0.2, 0.25) is 0 Å². The van der Waals surface area contributed by atoms with Gasteiger partial charge in [0.15, 0.2) is 0 Å². The van der Waals surface area contributed by atoms with Crippen molar-refractivity contribution in [2.75, 3.05) is 99.2 Å². The van der Waals surface area contributed by atoms with E-state index in [0.717, 1.165) is 35.9 Å². The van der Waals surface area contributed by atoms with Gasteiger partial charge in [0, 0.05) is 32.7 Å². The minimum atomic E-state index is -1.23. The lowest BCUT2D eigenvalue weighted by molar-refractivity contribution is -0.145. The lowest BCUT2D eigenvalue weighted by Crippen LogP contribution is -2.43. The van der Waals surface area contributed by atoms with Crippen molar-refractivity contribution in [1.29, 1.82) is 0 Å². The fourth-order valence-corrected chi connectivity index (χ4v) is 2.68. The second-order valence-electron chi connectivity index (χ2n) is 8.75. The number of carboxylic acid groups (broad SMARTS) is 6. The van der Waals surface area contributed by atoms with Gasteiger partial charge in [-0.05, 0) is 34.0 Å². The average molecular weight is 660 g/mol. The van der Waals surface area contributed by atoms with Crippen LogP contribution in [0.3, 0.4) is 0 Å². The van der Waals surface area contributed by atoms with Gasteiger partial charge in [-0.15, -0.1) is 12.4 Å². The van der Waals surface area contributed by atoms with Gasteiger partial charge in [0.25, 0.3) is 0 Å². The van der Waals surface area contributed by atoms with E-state index in [9.17, 15) is 28.8 Å². The molecule has 0 aromatic rings. The summed E-state index contributed by atoms with van der Waals surface area (Å²) in [6, 6.07) is 2.64. The van der Waals surface area contributed by atoms with Gasteiger partial charge in [-0.25, -0.2) is 9.98 Å². The SMILES string of the molecule is CCN=C=NCCCN(C)C.Cl.O=C(O)CN(CCN(CC(=O)O)CC(=O)O)CC(=O)O.O=C(O)CNCCNCC(=O)O. The maximum Gasteiger partial charge on any atom is 0.317 e. The zero-order valence-corrected chi connectivity index (χ0v) is 26.0. The van der Waals surface area contributed by atoms with Gasteiger partial charge >= 0.3 is 35.8 Å². The Kier molecular flexibility index (Phi) is 34.6. The van der Waals surface area contributed by atoms with Crippen molar-refractivity contribution >= 4 is 54.2 Å². The van der Waals surface area contributed by atoms with E-state index >= 15 is 0 Å². The van der Waals surface area contributed by atoms with E-state index in [0.29, 0.717) is 13.1 Å². The summed E-state index contributed by atoms with van der Waals surface area (Å²) in [5.74, 6) is -6.76. The first kappa shape index (κ1) is 47.2. The van der Waals surface area contributed by atoms with Crippen LogP contribution in [-0.2, 0) is 28.8 Å². The van der Waals surface area contributed by atoms with Crippen LogP contribution in [-0.4, -0.2) is 186 Å². The Morgan fingerprint density at radius 3 is 1.25 bits per heavy atom. The first-order valence-electron chi connectivity index (χ1n) is 13.0. The van der Waals surface area contributed by atoms with E-state index in [1.165, 1.54) is 0 Å². The average Bonchev–Trinajstić information content (AvgIpc) is 2.85. The van der Waals surface area contributed by atoms with Crippen LogP contribution in [0.1, 0.15) is 13.3 Å². The quantitative estimate of drug-likeness (QED) is 0.0427. The highest BCUT2D eigenvalue weighted by Gasteiger charge is 2.18. The molecule has 0 fully saturated rings. The molecule has 0 saturated heterocycles. The van der Waals surface area contributed by atoms with Crippen molar-refractivity contribution in [2.45, 2.75) is 13.3 Å². The molecule has 20 heteroatoms. The molecule has 0 heterocycles. The van der Waals surface area contributed by atoms with Crippen LogP contribution < -0.4 is 10.6 Å². The highest BCUT2D eigenvalue weighted by atomic mass is 35.5. The number of hydrogen-bond donors (Lipinski definition) is 8. The zero-order valence-electron chi connectivity index (χ0n) is 25.2. The first-order chi connectivity index (χ1) is 20.1. The van der Waals surface area contributed by atoms with E-state index in [2.05, 4.69) is 45.6 Å². The van der Waals surface area contributed by atoms with Crippen molar-refractivity contribution in [3.8, 4) is 0 Å². The van der Waals surface area contributed by atoms with E-state index in [-0.39, 0.29) is 38.6 Å². The molecule has 0 radical (unpaired) electrons. The summed E-state index contributed by atoms with van der Waals surface area (Å²) in [5, 5.41) is 56.0. The minimum Gasteiger partial charge on any atom is -0.480 e. The summed E-state index contributed by atoms with van der Waals surface area (Å²) in [6.07, 6.45) is 1.08. The molecule has 256 valence electrons. The molecule has 0 amide bonds. The van der Waals surface area contributed by atoms with Crippen LogP contribution in [0.25, 0.3) is 0 Å². The number of nitrogens with zero attached hydrogens (tertiary/aromatic N) is 5. The summed E-state index contributed by atoms with van der Waals surface area (Å²) in [5.41, 5.74) is 0. The second kappa shape index (κ2) is 32.2. The molecular weight excluding hydrogens is 614 g/mol. The Bertz CT molecular complexity index is 817. The summed E-state index contributed by atoms with van der Waals surface area (Å²) in [6.45, 7) is 3.10. The smallest absolute Gasteiger partial charge is 0.317 e. The van der Waals surface area contributed by atoms with E-state index in [1.807, 2.05) is 6.92 Å². The van der Waals surface area contributed by atoms with Crippen LogP contribution in [0.5, 0.6) is 0 Å². The van der Waals surface area contributed by atoms with E-state index in [4.69, 9.17) is 30.6 Å². The molecule has 0 saturated carbocycles. The molecule has 0 unspecified atom stereocenters. The van der Waals surface area contributed by atoms with Crippen LogP contribution in [0.2, 0.25) is 0 Å². The van der Waals surface area contributed by atoms with Crippen molar-refractivity contribution < 1.29 is 59.4 Å². The molecule has 44 heavy (non-hydrogen) atoms. The van der Waals surface area contributed by atoms with Crippen molar-refractivity contribution in [3.05, 3.63) is 0 Å². The normalized spacial score (nSPS) is 9.86. The van der Waals surface area contributed by atoms with Gasteiger partial charge in [0.1, 0.15) is 0 Å². The minimum absolute atomic E-state index is 0. The summed E-state index contributed by atoms with van der Waals surface area (Å²) in [7, 11) is 4.12. The first-order valence-corrected chi connectivity index (χ1v) is 13.0. The van der Waals surface area contributed by atoms with Crippen molar-refractivity contribution in [1.82, 2.24) is 25.3 Å². The number of aliphatic carboxylic acids is 6. The Morgan fingerprint density at radius 2 is 0.977 bits per heavy atom. The molecule has 0 aliphatic carbocycles. The predicted octanol–water partition coefficient (Wildman–Crippen LogP) is -2.18. The third kappa shape index (κ3) is 45.3. The topological polar surface area (TPSA) is 282 Å². The molecule has 0 aromatic carbocycles. The Balaban J connectivity index is -0.000000288. The fourth-order valence-electron chi connectivity index (χ4n) is 2.68. The molecular formula is C24H46ClN7O12. The highest BCUT2D eigenvalue weighted by molar-refractivity contribution is 5.85. The van der Waals surface area contributed by atoms with Gasteiger partial charge in [-0.3, -0.25) is 38.6 Å². The third-order valence-electron chi connectivity index (χ3n) is 4.37. The van der Waals surface area contributed by atoms with Crippen LogP contribution in [0, 0.1) is 0 Å². The number of aliphatic imine (C=N–C) groups is 2. The number of nitrogens with one attached hydrogen (secondary N) is 2. The molecule has 0 aromatic heterocycles.